The van der Waals surface area contributed by atoms with Gasteiger partial charge in [-0.15, -0.1) is 5.10 Å². The van der Waals surface area contributed by atoms with Crippen molar-refractivity contribution in [3.8, 4) is 0 Å². The molecule has 120 valence electrons. The minimum absolute atomic E-state index is 0.000165. The number of piperidine rings is 1. The fraction of sp³-hybridized carbons (Fsp3) is 0.438. The average molecular weight is 314 g/mol. The van der Waals surface area contributed by atoms with Gasteiger partial charge in [-0.25, -0.2) is 4.68 Å². The molecule has 2 aliphatic rings. The fourth-order valence-corrected chi connectivity index (χ4v) is 3.30. The summed E-state index contributed by atoms with van der Waals surface area (Å²) in [6.07, 6.45) is 2.60. The Hall–Kier alpha value is -2.25. The highest BCUT2D eigenvalue weighted by atomic mass is 16.5. The van der Waals surface area contributed by atoms with Crippen molar-refractivity contribution in [1.29, 1.82) is 0 Å². The second-order valence-electron chi connectivity index (χ2n) is 5.98. The number of aromatic nitrogens is 3. The molecule has 23 heavy (non-hydrogen) atoms. The van der Waals surface area contributed by atoms with Crippen LogP contribution in [0.25, 0.3) is 0 Å². The molecule has 0 bridgehead atoms. The van der Waals surface area contributed by atoms with Crippen LogP contribution in [0.2, 0.25) is 0 Å². The molecule has 0 unspecified atom stereocenters. The van der Waals surface area contributed by atoms with Gasteiger partial charge in [0.1, 0.15) is 0 Å². The van der Waals surface area contributed by atoms with E-state index in [1.165, 1.54) is 0 Å². The van der Waals surface area contributed by atoms with Crippen LogP contribution in [0.1, 0.15) is 34.1 Å². The third kappa shape index (κ3) is 2.51. The number of aliphatic hydroxyl groups excluding tert-OH is 1. The van der Waals surface area contributed by atoms with Crippen molar-refractivity contribution in [1.82, 2.24) is 19.9 Å². The predicted molar refractivity (Wildman–Crippen MR) is 80.5 cm³/mol. The zero-order chi connectivity index (χ0) is 15.8. The van der Waals surface area contributed by atoms with Crippen molar-refractivity contribution in [2.75, 3.05) is 13.1 Å². The van der Waals surface area contributed by atoms with E-state index in [2.05, 4.69) is 10.3 Å². The smallest absolute Gasteiger partial charge is 0.253 e. The number of ether oxygens (including phenoxy) is 1. The second-order valence-corrected chi connectivity index (χ2v) is 5.98. The normalized spacial score (nSPS) is 23.3. The Morgan fingerprint density at radius 1 is 1.35 bits per heavy atom. The van der Waals surface area contributed by atoms with E-state index in [0.717, 1.165) is 17.7 Å². The molecular weight excluding hydrogens is 296 g/mol. The van der Waals surface area contributed by atoms with E-state index in [0.29, 0.717) is 25.3 Å². The first-order chi connectivity index (χ1) is 11.3. The number of likely N-dealkylation sites (tertiary alicyclic amines) is 1. The molecule has 2 aliphatic heterocycles. The summed E-state index contributed by atoms with van der Waals surface area (Å²) in [6, 6.07) is 7.10. The van der Waals surface area contributed by atoms with Gasteiger partial charge in [-0.3, -0.25) is 4.79 Å². The van der Waals surface area contributed by atoms with E-state index < -0.39 is 0 Å². The summed E-state index contributed by atoms with van der Waals surface area (Å²) < 4.78 is 7.76. The lowest BCUT2D eigenvalue weighted by Crippen LogP contribution is -2.49. The number of hydrogen-bond acceptors (Lipinski definition) is 5. The lowest BCUT2D eigenvalue weighted by molar-refractivity contribution is -0.0605. The molecule has 1 amide bonds. The number of carbonyl (C=O) groups is 1. The maximum Gasteiger partial charge on any atom is 0.253 e. The first-order valence-corrected chi connectivity index (χ1v) is 7.76. The van der Waals surface area contributed by atoms with Crippen molar-refractivity contribution in [3.05, 3.63) is 47.3 Å². The number of hydrogen-bond donors (Lipinski definition) is 1. The summed E-state index contributed by atoms with van der Waals surface area (Å²) in [7, 11) is 0. The molecule has 0 radical (unpaired) electrons. The molecule has 2 aromatic rings. The van der Waals surface area contributed by atoms with Gasteiger partial charge in [0.2, 0.25) is 0 Å². The molecule has 0 saturated carbocycles. The molecule has 4 rings (SSSR count). The average Bonchev–Trinajstić information content (AvgIpc) is 3.10. The quantitative estimate of drug-likeness (QED) is 0.885. The number of benzene rings is 1. The molecule has 1 saturated heterocycles. The van der Waals surface area contributed by atoms with Crippen LogP contribution >= 0.6 is 0 Å². The largest absolute Gasteiger partial charge is 0.392 e. The molecular formula is C16H18N4O3. The summed E-state index contributed by atoms with van der Waals surface area (Å²) >= 11 is 0. The Morgan fingerprint density at radius 2 is 2.17 bits per heavy atom. The lowest BCUT2D eigenvalue weighted by Gasteiger charge is -2.41. The minimum atomic E-state index is -0.0195. The van der Waals surface area contributed by atoms with E-state index in [1.807, 2.05) is 9.58 Å². The molecule has 3 heterocycles. The summed E-state index contributed by atoms with van der Waals surface area (Å²) in [4.78, 5) is 14.5. The van der Waals surface area contributed by atoms with Gasteiger partial charge in [0, 0.05) is 18.7 Å². The first-order valence-electron chi connectivity index (χ1n) is 7.76. The van der Waals surface area contributed by atoms with E-state index in [1.54, 1.807) is 30.5 Å². The Bertz CT molecular complexity index is 712. The van der Waals surface area contributed by atoms with Gasteiger partial charge in [0.05, 0.1) is 37.3 Å². The highest BCUT2D eigenvalue weighted by Crippen LogP contribution is 2.30. The number of aliphatic hydroxyl groups is 1. The molecule has 1 fully saturated rings. The highest BCUT2D eigenvalue weighted by Gasteiger charge is 2.37. The minimum Gasteiger partial charge on any atom is -0.392 e. The van der Waals surface area contributed by atoms with Crippen molar-refractivity contribution in [2.45, 2.75) is 31.8 Å². The van der Waals surface area contributed by atoms with Crippen LogP contribution < -0.4 is 0 Å². The van der Waals surface area contributed by atoms with Gasteiger partial charge in [-0.2, -0.15) is 0 Å². The molecule has 1 N–H and O–H groups in total. The zero-order valence-electron chi connectivity index (χ0n) is 12.6. The van der Waals surface area contributed by atoms with Gasteiger partial charge >= 0.3 is 0 Å². The number of carbonyl (C=O) groups excluding carboxylic acids is 1. The summed E-state index contributed by atoms with van der Waals surface area (Å²) in [6.45, 7) is 1.76. The summed E-state index contributed by atoms with van der Waals surface area (Å²) in [5.41, 5.74) is 2.39. The van der Waals surface area contributed by atoms with E-state index in [-0.39, 0.29) is 24.7 Å². The van der Waals surface area contributed by atoms with Crippen LogP contribution in [-0.4, -0.2) is 50.1 Å². The fourth-order valence-electron chi connectivity index (χ4n) is 3.30. The third-order valence-electron chi connectivity index (χ3n) is 4.60. The molecule has 7 nitrogen and oxygen atoms in total. The lowest BCUT2D eigenvalue weighted by atomic mass is 9.99. The zero-order valence-corrected chi connectivity index (χ0v) is 12.6. The van der Waals surface area contributed by atoms with Crippen LogP contribution in [0.4, 0.5) is 0 Å². The first kappa shape index (κ1) is 14.3. The van der Waals surface area contributed by atoms with E-state index in [4.69, 9.17) is 9.84 Å². The SMILES string of the molecule is O=C(c1ccc(CO)cc1)N1CC[C@H]2OCc3cnnn3[C@H]2C1. The number of nitrogens with zero attached hydrogens (tertiary/aromatic N) is 4. The Balaban J connectivity index is 1.54. The van der Waals surface area contributed by atoms with Crippen molar-refractivity contribution >= 4 is 5.91 Å². The topological polar surface area (TPSA) is 80.5 Å². The van der Waals surface area contributed by atoms with Crippen LogP contribution in [0.15, 0.2) is 30.5 Å². The van der Waals surface area contributed by atoms with Crippen molar-refractivity contribution in [2.24, 2.45) is 0 Å². The van der Waals surface area contributed by atoms with Crippen molar-refractivity contribution in [3.63, 3.8) is 0 Å². The van der Waals surface area contributed by atoms with Gasteiger partial charge in [0.25, 0.3) is 5.91 Å². The molecule has 2 atom stereocenters. The van der Waals surface area contributed by atoms with E-state index in [9.17, 15) is 4.79 Å². The monoisotopic (exact) mass is 314 g/mol. The molecule has 0 spiro atoms. The van der Waals surface area contributed by atoms with Crippen LogP contribution in [0.5, 0.6) is 0 Å². The second kappa shape index (κ2) is 5.75. The molecule has 1 aromatic heterocycles. The number of fused-ring (bicyclic) bond motifs is 3. The molecule has 7 heteroatoms. The maximum atomic E-state index is 12.7. The Morgan fingerprint density at radius 3 is 2.96 bits per heavy atom. The van der Waals surface area contributed by atoms with Gasteiger partial charge in [-0.1, -0.05) is 17.3 Å². The Kier molecular flexibility index (Phi) is 3.59. The van der Waals surface area contributed by atoms with Crippen LogP contribution in [0.3, 0.4) is 0 Å². The van der Waals surface area contributed by atoms with Crippen LogP contribution in [0, 0.1) is 0 Å². The number of amides is 1. The highest BCUT2D eigenvalue weighted by molar-refractivity contribution is 5.94. The summed E-state index contributed by atoms with van der Waals surface area (Å²) in [5.74, 6) is 0.000165. The van der Waals surface area contributed by atoms with Crippen molar-refractivity contribution < 1.29 is 14.6 Å². The Labute approximate surface area is 133 Å². The van der Waals surface area contributed by atoms with Gasteiger partial charge in [0.15, 0.2) is 0 Å². The maximum absolute atomic E-state index is 12.7. The predicted octanol–water partition coefficient (Wildman–Crippen LogP) is 0.756. The summed E-state index contributed by atoms with van der Waals surface area (Å²) in [5, 5.41) is 17.2. The number of rotatable bonds is 2. The standard InChI is InChI=1S/C16H18N4O3/c21-9-11-1-3-12(4-2-11)16(22)19-6-5-15-14(8-19)20-13(10-23-15)7-17-18-20/h1-4,7,14-15,21H,5-6,8-10H2/t14-,15+/m0/s1. The molecule has 1 aromatic carbocycles. The van der Waals surface area contributed by atoms with Crippen LogP contribution in [-0.2, 0) is 18.0 Å². The van der Waals surface area contributed by atoms with Gasteiger partial charge in [-0.05, 0) is 24.1 Å². The van der Waals surface area contributed by atoms with Gasteiger partial charge < -0.3 is 14.7 Å². The molecule has 0 aliphatic carbocycles. The van der Waals surface area contributed by atoms with E-state index >= 15 is 0 Å². The third-order valence-corrected chi connectivity index (χ3v) is 4.60.